The molecular weight excluding hydrogens is 436 g/mol. The molecule has 0 unspecified atom stereocenters. The number of ether oxygens (including phenoxy) is 1. The van der Waals surface area contributed by atoms with E-state index in [1.165, 1.54) is 52.1 Å². The summed E-state index contributed by atoms with van der Waals surface area (Å²) in [6.07, 6.45) is 11.8. The number of hydrogen-bond acceptors (Lipinski definition) is 4. The first kappa shape index (κ1) is 25.5. The summed E-state index contributed by atoms with van der Waals surface area (Å²) in [6.45, 7) is 13.7. The van der Waals surface area contributed by atoms with Crippen molar-refractivity contribution in [2.24, 2.45) is 56.7 Å². The highest BCUT2D eigenvalue weighted by molar-refractivity contribution is 5.86. The summed E-state index contributed by atoms with van der Waals surface area (Å²) in [5.41, 5.74) is 1.33. The fourth-order valence-electron chi connectivity index (χ4n) is 11.3. The van der Waals surface area contributed by atoms with Gasteiger partial charge in [-0.3, -0.25) is 14.4 Å². The molecule has 0 aliphatic heterocycles. The lowest BCUT2D eigenvalue weighted by Gasteiger charge is -2.62. The van der Waals surface area contributed by atoms with Gasteiger partial charge in [-0.15, -0.1) is 0 Å². The van der Waals surface area contributed by atoms with Gasteiger partial charge in [0.05, 0.1) is 13.0 Å². The fraction of sp³-hybridized carbons (Fsp3) is 0.903. The van der Waals surface area contributed by atoms with Gasteiger partial charge in [0.25, 0.3) is 0 Å². The van der Waals surface area contributed by atoms with E-state index in [1.54, 1.807) is 6.92 Å². The molecule has 0 aromatic rings. The molecule has 2 spiro atoms. The van der Waals surface area contributed by atoms with Gasteiger partial charge in [-0.1, -0.05) is 41.5 Å². The van der Waals surface area contributed by atoms with Crippen molar-refractivity contribution in [1.82, 2.24) is 0 Å². The molecule has 5 saturated carbocycles. The summed E-state index contributed by atoms with van der Waals surface area (Å²) in [6, 6.07) is 0. The minimum absolute atomic E-state index is 0.150. The van der Waals surface area contributed by atoms with Gasteiger partial charge in [0, 0.05) is 24.7 Å². The molecule has 5 aliphatic rings. The molecule has 0 amide bonds. The van der Waals surface area contributed by atoms with Gasteiger partial charge in [-0.25, -0.2) is 0 Å². The van der Waals surface area contributed by atoms with E-state index in [4.69, 9.17) is 4.74 Å². The second-order valence-corrected chi connectivity index (χ2v) is 14.6. The van der Waals surface area contributed by atoms with E-state index < -0.39 is 0 Å². The molecule has 4 heteroatoms. The average Bonchev–Trinajstić information content (AvgIpc) is 3.38. The maximum Gasteiger partial charge on any atom is 0.308 e. The highest BCUT2D eigenvalue weighted by Crippen LogP contribution is 2.88. The Labute approximate surface area is 212 Å². The van der Waals surface area contributed by atoms with Crippen LogP contribution in [0.5, 0.6) is 0 Å². The second kappa shape index (κ2) is 7.90. The molecule has 5 rings (SSSR count). The first-order valence-corrected chi connectivity index (χ1v) is 14.4. The van der Waals surface area contributed by atoms with Crippen LogP contribution in [-0.4, -0.2) is 24.6 Å². The van der Waals surface area contributed by atoms with Crippen molar-refractivity contribution >= 4 is 17.5 Å². The number of esters is 1. The van der Waals surface area contributed by atoms with Crippen molar-refractivity contribution in [3.8, 4) is 0 Å². The Hall–Kier alpha value is -1.19. The van der Waals surface area contributed by atoms with E-state index in [0.717, 1.165) is 18.8 Å². The van der Waals surface area contributed by atoms with Crippen molar-refractivity contribution in [3.63, 3.8) is 0 Å². The summed E-state index contributed by atoms with van der Waals surface area (Å²) in [7, 11) is 1.39. The summed E-state index contributed by atoms with van der Waals surface area (Å²) in [4.78, 5) is 37.5. The number of hydrogen-bond donors (Lipinski definition) is 0. The summed E-state index contributed by atoms with van der Waals surface area (Å²) >= 11 is 0. The molecule has 0 heterocycles. The Morgan fingerprint density at radius 2 is 1.54 bits per heavy atom. The molecule has 5 fully saturated rings. The standard InChI is InChI=1S/C31H48O4/c1-19(16-21(32)17-20(2)26(34)35-7)22-10-12-29(6)24-9-8-23-27(3,4)25(33)11-13-30(23)18-31(24,30)15-14-28(22,29)5/h19-20,22-24H,8-18H2,1-7H3/t19-,20+,22-,23+,24+,28-,29+,30-,31+/m1/s1. The fourth-order valence-corrected chi connectivity index (χ4v) is 11.3. The van der Waals surface area contributed by atoms with Crippen LogP contribution in [-0.2, 0) is 19.1 Å². The van der Waals surface area contributed by atoms with Crippen molar-refractivity contribution in [1.29, 1.82) is 0 Å². The van der Waals surface area contributed by atoms with Crippen molar-refractivity contribution in [2.75, 3.05) is 7.11 Å². The van der Waals surface area contributed by atoms with Crippen molar-refractivity contribution in [2.45, 2.75) is 112 Å². The summed E-state index contributed by atoms with van der Waals surface area (Å²) in [5, 5.41) is 0. The Balaban J connectivity index is 1.34. The van der Waals surface area contributed by atoms with E-state index in [1.807, 2.05) is 0 Å². The Morgan fingerprint density at radius 1 is 0.886 bits per heavy atom. The van der Waals surface area contributed by atoms with E-state index in [-0.39, 0.29) is 28.5 Å². The molecule has 9 atom stereocenters. The van der Waals surface area contributed by atoms with Gasteiger partial charge in [-0.05, 0) is 96.7 Å². The topological polar surface area (TPSA) is 60.4 Å². The quantitative estimate of drug-likeness (QED) is 0.389. The maximum atomic E-state index is 12.9. The van der Waals surface area contributed by atoms with Gasteiger partial charge < -0.3 is 4.74 Å². The molecule has 5 aliphatic carbocycles. The van der Waals surface area contributed by atoms with Crippen molar-refractivity contribution < 1.29 is 19.1 Å². The lowest BCUT2D eigenvalue weighted by Crippen LogP contribution is -2.57. The predicted molar refractivity (Wildman–Crippen MR) is 136 cm³/mol. The van der Waals surface area contributed by atoms with Crippen LogP contribution in [0.4, 0.5) is 0 Å². The zero-order valence-corrected chi connectivity index (χ0v) is 23.3. The van der Waals surface area contributed by atoms with Gasteiger partial charge in [-0.2, -0.15) is 0 Å². The monoisotopic (exact) mass is 484 g/mol. The van der Waals surface area contributed by atoms with Gasteiger partial charge in [0.1, 0.15) is 11.6 Å². The predicted octanol–water partition coefficient (Wildman–Crippen LogP) is 6.79. The normalized spacial score (nSPS) is 46.9. The zero-order valence-electron chi connectivity index (χ0n) is 23.3. The minimum atomic E-state index is -0.355. The number of Topliss-reactive ketones (excluding diaryl/α,β-unsaturated/α-hetero) is 2. The first-order valence-electron chi connectivity index (χ1n) is 14.4. The lowest BCUT2D eigenvalue weighted by atomic mass is 9.42. The molecule has 0 bridgehead atoms. The zero-order chi connectivity index (χ0) is 25.6. The smallest absolute Gasteiger partial charge is 0.308 e. The molecule has 0 aromatic carbocycles. The van der Waals surface area contributed by atoms with Crippen LogP contribution >= 0.6 is 0 Å². The van der Waals surface area contributed by atoms with E-state index in [0.29, 0.717) is 52.6 Å². The molecule has 0 saturated heterocycles. The van der Waals surface area contributed by atoms with Crippen LogP contribution in [0.15, 0.2) is 0 Å². The Bertz CT molecular complexity index is 936. The molecule has 35 heavy (non-hydrogen) atoms. The van der Waals surface area contributed by atoms with Gasteiger partial charge >= 0.3 is 5.97 Å². The number of carbonyl (C=O) groups excluding carboxylic acids is 3. The number of fused-ring (bicyclic) bond motifs is 2. The lowest BCUT2D eigenvalue weighted by molar-refractivity contribution is -0.157. The number of ketones is 2. The van der Waals surface area contributed by atoms with Crippen molar-refractivity contribution in [3.05, 3.63) is 0 Å². The van der Waals surface area contributed by atoms with Gasteiger partial charge in [0.15, 0.2) is 0 Å². The Morgan fingerprint density at radius 3 is 2.23 bits per heavy atom. The first-order chi connectivity index (χ1) is 16.3. The third kappa shape index (κ3) is 3.19. The van der Waals surface area contributed by atoms with Crippen LogP contribution in [0.1, 0.15) is 112 Å². The molecule has 0 aromatic heterocycles. The highest BCUT2D eigenvalue weighted by atomic mass is 16.5. The third-order valence-electron chi connectivity index (χ3n) is 13.3. The van der Waals surface area contributed by atoms with Crippen LogP contribution in [0, 0.1) is 56.7 Å². The summed E-state index contributed by atoms with van der Waals surface area (Å²) < 4.78 is 4.83. The van der Waals surface area contributed by atoms with E-state index in [2.05, 4.69) is 34.6 Å². The number of carbonyl (C=O) groups is 3. The number of methoxy groups -OCH3 is 1. The van der Waals surface area contributed by atoms with Crippen LogP contribution in [0.25, 0.3) is 0 Å². The van der Waals surface area contributed by atoms with E-state index in [9.17, 15) is 14.4 Å². The third-order valence-corrected chi connectivity index (χ3v) is 13.3. The largest absolute Gasteiger partial charge is 0.469 e. The van der Waals surface area contributed by atoms with Crippen LogP contribution in [0.2, 0.25) is 0 Å². The average molecular weight is 485 g/mol. The van der Waals surface area contributed by atoms with E-state index >= 15 is 0 Å². The maximum absolute atomic E-state index is 12.9. The molecule has 0 radical (unpaired) electrons. The van der Waals surface area contributed by atoms with Crippen LogP contribution in [0.3, 0.4) is 0 Å². The minimum Gasteiger partial charge on any atom is -0.469 e. The summed E-state index contributed by atoms with van der Waals surface area (Å²) in [5.74, 6) is 2.32. The van der Waals surface area contributed by atoms with Gasteiger partial charge in [0.2, 0.25) is 0 Å². The SMILES string of the molecule is COC(=O)[C@@H](C)CC(=O)C[C@@H](C)[C@H]1CC[C@@]2(C)[C@@H]3CC[C@H]4C(C)(C)C(=O)CC[C@@]45C[C@@]35CC[C@]12C. The highest BCUT2D eigenvalue weighted by Gasteiger charge is 2.82. The molecule has 196 valence electrons. The molecule has 4 nitrogen and oxygen atoms in total. The molecular formula is C31H48O4. The second-order valence-electron chi connectivity index (χ2n) is 14.6. The molecule has 0 N–H and O–H groups in total. The number of rotatable bonds is 6. The Kier molecular flexibility index (Phi) is 5.75. The van der Waals surface area contributed by atoms with Crippen LogP contribution < -0.4 is 0 Å².